The number of carbonyl (C=O) groups is 1. The van der Waals surface area contributed by atoms with E-state index in [4.69, 9.17) is 4.74 Å². The number of benzene rings is 1. The zero-order valence-corrected chi connectivity index (χ0v) is 16.3. The predicted octanol–water partition coefficient (Wildman–Crippen LogP) is 5.29. The fourth-order valence-corrected chi connectivity index (χ4v) is 4.62. The molecule has 1 aromatic carbocycles. The van der Waals surface area contributed by atoms with Crippen molar-refractivity contribution in [3.05, 3.63) is 35.5 Å². The third kappa shape index (κ3) is 3.16. The van der Waals surface area contributed by atoms with Gasteiger partial charge in [0, 0.05) is 11.9 Å². The average Bonchev–Trinajstić information content (AvgIpc) is 2.88. The summed E-state index contributed by atoms with van der Waals surface area (Å²) >= 11 is 0. The molecule has 1 saturated heterocycles. The fraction of sp³-hybridized carbons (Fsp3) is 0.591. The average molecular weight is 354 g/mol. The molecule has 26 heavy (non-hydrogen) atoms. The Morgan fingerprint density at radius 1 is 1.08 bits per heavy atom. The van der Waals surface area contributed by atoms with Crippen molar-refractivity contribution in [1.82, 2.24) is 9.47 Å². The lowest BCUT2D eigenvalue weighted by Crippen LogP contribution is -2.39. The highest BCUT2D eigenvalue weighted by molar-refractivity contribution is 5.94. The lowest BCUT2D eigenvalue weighted by Gasteiger charge is -2.38. The zero-order valence-electron chi connectivity index (χ0n) is 16.3. The van der Waals surface area contributed by atoms with Gasteiger partial charge < -0.3 is 4.74 Å². The maximum absolute atomic E-state index is 13.2. The minimum atomic E-state index is -0.495. The molecule has 0 spiro atoms. The quantitative estimate of drug-likeness (QED) is 0.645. The topological polar surface area (TPSA) is 34.5 Å². The SMILES string of the molecule is CC(C)(C)OC(=O)n1c2c(c3ccccc31)CCN1CCCCCCC21. The Balaban J connectivity index is 1.87. The van der Waals surface area contributed by atoms with Crippen LogP contribution in [-0.2, 0) is 11.2 Å². The molecule has 0 N–H and O–H groups in total. The molecule has 0 aliphatic carbocycles. The molecule has 2 aromatic rings. The largest absolute Gasteiger partial charge is 0.443 e. The first-order valence-electron chi connectivity index (χ1n) is 10.1. The van der Waals surface area contributed by atoms with E-state index in [1.54, 1.807) is 0 Å². The van der Waals surface area contributed by atoms with Gasteiger partial charge >= 0.3 is 6.09 Å². The zero-order chi connectivity index (χ0) is 18.3. The summed E-state index contributed by atoms with van der Waals surface area (Å²) in [5, 5.41) is 1.22. The van der Waals surface area contributed by atoms with Crippen molar-refractivity contribution < 1.29 is 9.53 Å². The van der Waals surface area contributed by atoms with Crippen molar-refractivity contribution in [2.24, 2.45) is 0 Å². The van der Waals surface area contributed by atoms with Gasteiger partial charge in [-0.25, -0.2) is 9.36 Å². The summed E-state index contributed by atoms with van der Waals surface area (Å²) in [7, 11) is 0. The highest BCUT2D eigenvalue weighted by atomic mass is 16.6. The van der Waals surface area contributed by atoms with E-state index in [1.807, 2.05) is 31.4 Å². The summed E-state index contributed by atoms with van der Waals surface area (Å²) in [4.78, 5) is 15.8. The van der Waals surface area contributed by atoms with Crippen LogP contribution in [0.5, 0.6) is 0 Å². The molecule has 2 aliphatic rings. The van der Waals surface area contributed by atoms with Crippen LogP contribution in [0, 0.1) is 0 Å². The van der Waals surface area contributed by atoms with Crippen molar-refractivity contribution in [3.8, 4) is 0 Å². The first kappa shape index (κ1) is 17.6. The highest BCUT2D eigenvalue weighted by Crippen LogP contribution is 2.40. The highest BCUT2D eigenvalue weighted by Gasteiger charge is 2.35. The summed E-state index contributed by atoms with van der Waals surface area (Å²) in [6, 6.07) is 8.65. The van der Waals surface area contributed by atoms with Crippen molar-refractivity contribution in [3.63, 3.8) is 0 Å². The third-order valence-electron chi connectivity index (χ3n) is 5.67. The second kappa shape index (κ2) is 6.73. The van der Waals surface area contributed by atoms with Crippen LogP contribution in [0.3, 0.4) is 0 Å². The number of hydrogen-bond donors (Lipinski definition) is 0. The summed E-state index contributed by atoms with van der Waals surface area (Å²) < 4.78 is 7.68. The van der Waals surface area contributed by atoms with Crippen LogP contribution >= 0.6 is 0 Å². The lowest BCUT2D eigenvalue weighted by atomic mass is 9.91. The first-order chi connectivity index (χ1) is 12.5. The van der Waals surface area contributed by atoms with Gasteiger partial charge in [0.15, 0.2) is 0 Å². The lowest BCUT2D eigenvalue weighted by molar-refractivity contribution is 0.0522. The molecule has 4 heteroatoms. The van der Waals surface area contributed by atoms with E-state index >= 15 is 0 Å². The molecule has 4 nitrogen and oxygen atoms in total. The normalized spacial score (nSPS) is 21.6. The molecule has 0 radical (unpaired) electrons. The third-order valence-corrected chi connectivity index (χ3v) is 5.67. The number of carbonyl (C=O) groups excluding carboxylic acids is 1. The second-order valence-electron chi connectivity index (χ2n) is 8.70. The number of aromatic nitrogens is 1. The molecule has 1 atom stereocenters. The Hall–Kier alpha value is -1.81. The molecule has 3 heterocycles. The van der Waals surface area contributed by atoms with Crippen molar-refractivity contribution >= 4 is 17.0 Å². The maximum Gasteiger partial charge on any atom is 0.419 e. The van der Waals surface area contributed by atoms with Crippen molar-refractivity contribution in [2.75, 3.05) is 13.1 Å². The maximum atomic E-state index is 13.2. The first-order valence-corrected chi connectivity index (χ1v) is 10.1. The van der Waals surface area contributed by atoms with E-state index in [0.717, 1.165) is 31.4 Å². The molecule has 2 aliphatic heterocycles. The summed E-state index contributed by atoms with van der Waals surface area (Å²) in [6.07, 6.45) is 7.03. The standard InChI is InChI=1S/C22H30N2O2/c1-22(2,3)26-21(25)24-18-11-8-7-10-16(18)17-13-15-23-14-9-5-4-6-12-19(23)20(17)24/h7-8,10-11,19H,4-6,9,12-15H2,1-3H3. The second-order valence-corrected chi connectivity index (χ2v) is 8.70. The molecule has 0 saturated carbocycles. The van der Waals surface area contributed by atoms with Gasteiger partial charge in [-0.2, -0.15) is 0 Å². The predicted molar refractivity (Wildman–Crippen MR) is 105 cm³/mol. The molecule has 1 unspecified atom stereocenters. The Morgan fingerprint density at radius 2 is 1.85 bits per heavy atom. The van der Waals surface area contributed by atoms with E-state index in [-0.39, 0.29) is 6.09 Å². The number of fused-ring (bicyclic) bond motifs is 5. The van der Waals surface area contributed by atoms with Gasteiger partial charge in [-0.05, 0) is 58.2 Å². The van der Waals surface area contributed by atoms with E-state index in [1.165, 1.54) is 42.3 Å². The van der Waals surface area contributed by atoms with Crippen LogP contribution in [-0.4, -0.2) is 34.3 Å². The Labute approximate surface area is 156 Å². The van der Waals surface area contributed by atoms with Gasteiger partial charge in [0.25, 0.3) is 0 Å². The number of para-hydroxylation sites is 1. The molecule has 1 fully saturated rings. The molecule has 4 rings (SSSR count). The summed E-state index contributed by atoms with van der Waals surface area (Å²) in [5.74, 6) is 0. The summed E-state index contributed by atoms with van der Waals surface area (Å²) in [5.41, 5.74) is 3.04. The van der Waals surface area contributed by atoms with Gasteiger partial charge in [0.2, 0.25) is 0 Å². The van der Waals surface area contributed by atoms with Crippen LogP contribution < -0.4 is 0 Å². The number of hydrogen-bond acceptors (Lipinski definition) is 3. The fourth-order valence-electron chi connectivity index (χ4n) is 4.62. The van der Waals surface area contributed by atoms with Gasteiger partial charge in [0.1, 0.15) is 5.60 Å². The smallest absolute Gasteiger partial charge is 0.419 e. The van der Waals surface area contributed by atoms with Crippen LogP contribution in [0.1, 0.15) is 70.2 Å². The van der Waals surface area contributed by atoms with Crippen LogP contribution in [0.4, 0.5) is 4.79 Å². The van der Waals surface area contributed by atoms with Gasteiger partial charge in [0.05, 0.1) is 17.3 Å². The molecular weight excluding hydrogens is 324 g/mol. The van der Waals surface area contributed by atoms with Crippen molar-refractivity contribution in [1.29, 1.82) is 0 Å². The monoisotopic (exact) mass is 354 g/mol. The van der Waals surface area contributed by atoms with E-state index < -0.39 is 5.60 Å². The van der Waals surface area contributed by atoms with Gasteiger partial charge in [-0.15, -0.1) is 0 Å². The Morgan fingerprint density at radius 3 is 2.65 bits per heavy atom. The Kier molecular flexibility index (Phi) is 4.55. The molecular formula is C22H30N2O2. The molecule has 0 bridgehead atoms. The van der Waals surface area contributed by atoms with Crippen LogP contribution in [0.25, 0.3) is 10.9 Å². The number of ether oxygens (including phenoxy) is 1. The van der Waals surface area contributed by atoms with Gasteiger partial charge in [-0.3, -0.25) is 4.90 Å². The van der Waals surface area contributed by atoms with E-state index in [0.29, 0.717) is 6.04 Å². The molecule has 140 valence electrons. The minimum Gasteiger partial charge on any atom is -0.443 e. The Bertz CT molecular complexity index is 815. The summed E-state index contributed by atoms with van der Waals surface area (Å²) in [6.45, 7) is 8.04. The van der Waals surface area contributed by atoms with Crippen molar-refractivity contribution in [2.45, 2.75) is 70.9 Å². The van der Waals surface area contributed by atoms with Gasteiger partial charge in [-0.1, -0.05) is 37.5 Å². The number of nitrogens with zero attached hydrogens (tertiary/aromatic N) is 2. The molecule has 0 amide bonds. The van der Waals surface area contributed by atoms with Crippen LogP contribution in [0.15, 0.2) is 24.3 Å². The van der Waals surface area contributed by atoms with E-state index in [9.17, 15) is 4.79 Å². The molecule has 1 aromatic heterocycles. The minimum absolute atomic E-state index is 0.237. The number of rotatable bonds is 0. The van der Waals surface area contributed by atoms with Crippen LogP contribution in [0.2, 0.25) is 0 Å². The van der Waals surface area contributed by atoms with E-state index in [2.05, 4.69) is 23.1 Å².